The van der Waals surface area contributed by atoms with Crippen LogP contribution < -0.4 is 10.5 Å². The highest BCUT2D eigenvalue weighted by Gasteiger charge is 2.45. The molecule has 2 fully saturated rings. The molecule has 3 heterocycles. The van der Waals surface area contributed by atoms with E-state index in [-0.39, 0.29) is 48.3 Å². The van der Waals surface area contributed by atoms with Crippen LogP contribution in [-0.4, -0.2) is 90.4 Å². The molecule has 3 aliphatic rings. The quantitative estimate of drug-likeness (QED) is 0.389. The smallest absolute Gasteiger partial charge is 0.430 e. The number of hydrogen-bond donors (Lipinski definition) is 1. The van der Waals surface area contributed by atoms with Crippen molar-refractivity contribution < 1.29 is 65.2 Å². The van der Waals surface area contributed by atoms with E-state index in [1.807, 2.05) is 0 Å². The molecule has 1 unspecified atom stereocenters. The number of primary amides is 1. The van der Waals surface area contributed by atoms with Gasteiger partial charge >= 0.3 is 18.3 Å². The molecule has 2 saturated heterocycles. The van der Waals surface area contributed by atoms with Crippen LogP contribution in [0.25, 0.3) is 0 Å². The Morgan fingerprint density at radius 2 is 1.81 bits per heavy atom. The minimum atomic E-state index is -5.19. The predicted molar refractivity (Wildman–Crippen MR) is 126 cm³/mol. The summed E-state index contributed by atoms with van der Waals surface area (Å²) in [6, 6.07) is 3.62. The molecule has 42 heavy (non-hydrogen) atoms. The average molecular weight is 610 g/mol. The number of carboxylic acids is 1. The first-order valence-electron chi connectivity index (χ1n) is 12.5. The average Bonchev–Trinajstić information content (AvgIpc) is 2.90. The van der Waals surface area contributed by atoms with Crippen LogP contribution in [0, 0.1) is 5.82 Å². The zero-order valence-electron chi connectivity index (χ0n) is 22.0. The van der Waals surface area contributed by atoms with E-state index in [0.29, 0.717) is 30.7 Å². The zero-order chi connectivity index (χ0) is 31.4. The second-order valence-electron chi connectivity index (χ2n) is 9.53. The summed E-state index contributed by atoms with van der Waals surface area (Å²) in [7, 11) is 0. The lowest BCUT2D eigenvalue weighted by atomic mass is 9.96. The second-order valence-corrected chi connectivity index (χ2v) is 9.53. The van der Waals surface area contributed by atoms with Crippen molar-refractivity contribution >= 4 is 29.4 Å². The fraction of sp³-hybridized carbons (Fsp3) is 0.480. The van der Waals surface area contributed by atoms with Gasteiger partial charge in [-0.1, -0.05) is 11.2 Å². The molecule has 0 radical (unpaired) electrons. The lowest BCUT2D eigenvalue weighted by Gasteiger charge is -2.40. The van der Waals surface area contributed by atoms with Crippen molar-refractivity contribution in [2.45, 2.75) is 44.6 Å². The first-order valence-corrected chi connectivity index (χ1v) is 12.5. The van der Waals surface area contributed by atoms with Gasteiger partial charge in [0.2, 0.25) is 5.91 Å². The Kier molecular flexibility index (Phi) is 10.1. The molecule has 2 N–H and O–H groups in total. The van der Waals surface area contributed by atoms with Gasteiger partial charge in [0.25, 0.3) is 5.91 Å². The van der Waals surface area contributed by atoms with E-state index >= 15 is 0 Å². The van der Waals surface area contributed by atoms with Crippen molar-refractivity contribution in [2.75, 3.05) is 32.8 Å². The number of rotatable bonds is 4. The molecule has 1 aromatic rings. The molecule has 17 heteroatoms. The number of nitrogens with two attached hydrogens (primary N) is 1. The number of benzene rings is 1. The molecule has 10 nitrogen and oxygen atoms in total. The lowest BCUT2D eigenvalue weighted by Crippen LogP contribution is -2.85. The van der Waals surface area contributed by atoms with Gasteiger partial charge in [-0.15, -0.1) is 0 Å². The van der Waals surface area contributed by atoms with Crippen molar-refractivity contribution in [3.05, 3.63) is 46.3 Å². The summed E-state index contributed by atoms with van der Waals surface area (Å²) in [5.41, 5.74) is -0.916. The summed E-state index contributed by atoms with van der Waals surface area (Å²) in [4.78, 5) is 49.1. The van der Waals surface area contributed by atoms with E-state index in [9.17, 15) is 45.1 Å². The molecule has 4 rings (SSSR count). The lowest BCUT2D eigenvalue weighted by molar-refractivity contribution is -0.573. The van der Waals surface area contributed by atoms with E-state index in [1.165, 1.54) is 17.0 Å². The van der Waals surface area contributed by atoms with Crippen molar-refractivity contribution in [2.24, 2.45) is 5.10 Å². The van der Waals surface area contributed by atoms with Gasteiger partial charge < -0.3 is 24.4 Å². The van der Waals surface area contributed by atoms with Crippen LogP contribution in [0.3, 0.4) is 0 Å². The number of piperazine rings is 1. The Labute approximate surface area is 233 Å². The number of nitrogens with zero attached hydrogens (tertiary/aromatic N) is 3. The number of aliphatic carboxylic acids is 1. The Morgan fingerprint density at radius 3 is 2.36 bits per heavy atom. The summed E-state index contributed by atoms with van der Waals surface area (Å²) >= 11 is 0. The van der Waals surface area contributed by atoms with Crippen molar-refractivity contribution in [1.29, 1.82) is 0 Å². The third-order valence-electron chi connectivity index (χ3n) is 6.66. The first kappa shape index (κ1) is 32.7. The van der Waals surface area contributed by atoms with Gasteiger partial charge in [-0.25, -0.2) is 9.18 Å². The molecule has 3 amide bonds. The van der Waals surface area contributed by atoms with Crippen LogP contribution >= 0.6 is 0 Å². The molecule has 0 saturated carbocycles. The van der Waals surface area contributed by atoms with E-state index in [2.05, 4.69) is 5.10 Å². The van der Waals surface area contributed by atoms with Gasteiger partial charge in [-0.05, 0) is 43.0 Å². The molecule has 0 bridgehead atoms. The SMILES string of the molecule is CC1=C(C(F)(F)F)C(=O)[NH2+]N=C1Cc1ccc(F)c(C(=O)N2CCN(C3CCCOC3)C(=O)C2)c1.O=C([O-])C(F)(F)F. The number of carbonyl (C=O) groups excluding carboxylic acids is 4. The number of carboxylic acid groups (broad SMARTS) is 1. The molecular formula is C25H25F7N4O6. The van der Waals surface area contributed by atoms with Crippen LogP contribution in [-0.2, 0) is 25.5 Å². The summed E-state index contributed by atoms with van der Waals surface area (Å²) < 4.78 is 91.4. The molecule has 3 aliphatic heterocycles. The minimum absolute atomic E-state index is 0.000394. The van der Waals surface area contributed by atoms with Gasteiger partial charge in [-0.3, -0.25) is 9.59 Å². The molecule has 0 aliphatic carbocycles. The summed E-state index contributed by atoms with van der Waals surface area (Å²) in [6.07, 6.45) is -8.48. The number of alkyl halides is 6. The van der Waals surface area contributed by atoms with Crippen LogP contribution in [0.1, 0.15) is 35.7 Å². The monoisotopic (exact) mass is 610 g/mol. The maximum Gasteiger partial charge on any atom is 0.430 e. The van der Waals surface area contributed by atoms with Gasteiger partial charge in [0.1, 0.15) is 24.0 Å². The van der Waals surface area contributed by atoms with Crippen LogP contribution in [0.5, 0.6) is 0 Å². The highest BCUT2D eigenvalue weighted by molar-refractivity contribution is 6.08. The van der Waals surface area contributed by atoms with Crippen LogP contribution in [0.15, 0.2) is 34.4 Å². The number of quaternary nitrogens is 1. The first-order chi connectivity index (χ1) is 19.5. The zero-order valence-corrected chi connectivity index (χ0v) is 22.0. The second kappa shape index (κ2) is 13.0. The maximum atomic E-state index is 14.6. The van der Waals surface area contributed by atoms with Crippen LogP contribution in [0.4, 0.5) is 30.7 Å². The van der Waals surface area contributed by atoms with E-state index in [4.69, 9.17) is 14.6 Å². The molecular weight excluding hydrogens is 585 g/mol. The normalized spacial score (nSPS) is 20.2. The van der Waals surface area contributed by atoms with E-state index < -0.39 is 41.5 Å². The maximum absolute atomic E-state index is 14.6. The largest absolute Gasteiger partial charge is 0.542 e. The Hall–Kier alpha value is -3.86. The standard InChI is InChI=1S/C23H24F4N4O4.C2HF3O2/c1-13-18(28-29-21(33)20(13)23(25,26)27)10-14-4-5-17(24)16(9-14)22(34)30-6-7-31(19(32)11-30)15-3-2-8-35-12-15;3-2(4,5)1(6)7/h4-5,9,15H,2-3,6-8,10-12H2,1H3,(H,29,33);(H,6,7). The molecule has 0 aromatic heterocycles. The molecule has 1 aromatic carbocycles. The Balaban J connectivity index is 0.000000616. The fourth-order valence-corrected chi connectivity index (χ4v) is 4.58. The summed E-state index contributed by atoms with van der Waals surface area (Å²) in [6.45, 7) is 2.61. The molecule has 230 valence electrons. The summed E-state index contributed by atoms with van der Waals surface area (Å²) in [5.74, 6) is -5.95. The van der Waals surface area contributed by atoms with Crippen molar-refractivity contribution in [1.82, 2.24) is 9.80 Å². The number of carbonyl (C=O) groups is 4. The topological polar surface area (TPSA) is 136 Å². The van der Waals surface area contributed by atoms with Crippen LogP contribution in [0.2, 0.25) is 0 Å². The number of amides is 3. The number of halogens is 7. The number of hydrogen-bond acceptors (Lipinski definition) is 7. The number of ether oxygens (including phenoxy) is 1. The predicted octanol–water partition coefficient (Wildman–Crippen LogP) is 0.469. The van der Waals surface area contributed by atoms with E-state index in [1.54, 1.807) is 4.90 Å². The number of allylic oxidation sites excluding steroid dienone is 1. The third kappa shape index (κ3) is 7.90. The van der Waals surface area contributed by atoms with Gasteiger partial charge in [-0.2, -0.15) is 31.8 Å². The van der Waals surface area contributed by atoms with Gasteiger partial charge in [0.05, 0.1) is 18.2 Å². The summed E-state index contributed by atoms with van der Waals surface area (Å²) in [5, 5.41) is 12.6. The third-order valence-corrected chi connectivity index (χ3v) is 6.66. The minimum Gasteiger partial charge on any atom is -0.542 e. The molecule has 1 atom stereocenters. The van der Waals surface area contributed by atoms with Gasteiger partial charge in [0.15, 0.2) is 5.57 Å². The van der Waals surface area contributed by atoms with Crippen molar-refractivity contribution in [3.63, 3.8) is 0 Å². The van der Waals surface area contributed by atoms with Crippen molar-refractivity contribution in [3.8, 4) is 0 Å². The Morgan fingerprint density at radius 1 is 1.14 bits per heavy atom. The molecule has 0 spiro atoms. The highest BCUT2D eigenvalue weighted by Crippen LogP contribution is 2.30. The highest BCUT2D eigenvalue weighted by atomic mass is 19.4. The Bertz CT molecular complexity index is 1300. The fourth-order valence-electron chi connectivity index (χ4n) is 4.58. The van der Waals surface area contributed by atoms with E-state index in [0.717, 1.165) is 25.8 Å². The van der Waals surface area contributed by atoms with Gasteiger partial charge in [0, 0.05) is 26.1 Å².